The number of halogens is 1. The summed E-state index contributed by atoms with van der Waals surface area (Å²) in [5, 5.41) is 16.1. The predicted molar refractivity (Wildman–Crippen MR) is 84.9 cm³/mol. The molecule has 0 radical (unpaired) electrons. The zero-order valence-electron chi connectivity index (χ0n) is 9.97. The molecule has 2 N–H and O–H groups in total. The second-order valence-corrected chi connectivity index (χ2v) is 5.09. The van der Waals surface area contributed by atoms with Crippen LogP contribution in [0.3, 0.4) is 0 Å². The molecule has 2 aromatic heterocycles. The Kier molecular flexibility index (Phi) is 3.45. The highest BCUT2D eigenvalue weighted by Gasteiger charge is 1.97. The topological polar surface area (TPSA) is 57.4 Å². The van der Waals surface area contributed by atoms with Crippen LogP contribution in [0.15, 0.2) is 54.7 Å². The quantitative estimate of drug-likeness (QED) is 0.469. The number of hydrogen-bond acceptors (Lipinski definition) is 2. The molecule has 4 aromatic rings. The molecule has 0 unspecified atom stereocenters. The van der Waals surface area contributed by atoms with Crippen LogP contribution < -0.4 is 0 Å². The van der Waals surface area contributed by atoms with Gasteiger partial charge in [0.05, 0.1) is 17.2 Å². The Balaban J connectivity index is 0.000000117. The van der Waals surface area contributed by atoms with Crippen molar-refractivity contribution in [1.29, 1.82) is 0 Å². The van der Waals surface area contributed by atoms with Gasteiger partial charge in [-0.1, -0.05) is 36.4 Å². The molecule has 0 fully saturated rings. The minimum atomic E-state index is 1.03. The number of aromatic amines is 2. The number of rotatable bonds is 0. The van der Waals surface area contributed by atoms with Crippen LogP contribution in [0.25, 0.3) is 21.8 Å². The van der Waals surface area contributed by atoms with Gasteiger partial charge in [-0.3, -0.25) is 10.2 Å². The van der Waals surface area contributed by atoms with E-state index in [0.29, 0.717) is 0 Å². The fourth-order valence-corrected chi connectivity index (χ4v) is 2.39. The van der Waals surface area contributed by atoms with Crippen LogP contribution in [0.5, 0.6) is 0 Å². The normalized spacial score (nSPS) is 10.4. The van der Waals surface area contributed by atoms with E-state index >= 15 is 0 Å². The molecule has 0 spiro atoms. The Morgan fingerprint density at radius 1 is 0.895 bits per heavy atom. The lowest BCUT2D eigenvalue weighted by molar-refractivity contribution is 1.09. The maximum absolute atomic E-state index is 4.09. The van der Waals surface area contributed by atoms with Gasteiger partial charge < -0.3 is 0 Å². The van der Waals surface area contributed by atoms with E-state index in [1.807, 2.05) is 48.7 Å². The summed E-state index contributed by atoms with van der Waals surface area (Å²) in [6.45, 7) is 0. The molecular weight excluding hydrogens is 351 g/mol. The minimum Gasteiger partial charge on any atom is -0.278 e. The standard InChI is InChI=1S/C7H5IN2.C7H6N2/c8-7-5-3-1-2-4-6(5)9-10-7;1-2-4-7-6(3-1)5-8-9-7/h1-4H,(H,9,10);1-5H,(H,8,9). The molecule has 0 aliphatic heterocycles. The molecule has 94 valence electrons. The maximum atomic E-state index is 4.09. The van der Waals surface area contributed by atoms with Gasteiger partial charge in [0, 0.05) is 10.8 Å². The van der Waals surface area contributed by atoms with Gasteiger partial charge in [0.2, 0.25) is 0 Å². The summed E-state index contributed by atoms with van der Waals surface area (Å²) >= 11 is 2.24. The molecule has 19 heavy (non-hydrogen) atoms. The first-order chi connectivity index (χ1) is 9.34. The molecule has 5 heteroatoms. The number of nitrogens with zero attached hydrogens (tertiary/aromatic N) is 2. The van der Waals surface area contributed by atoms with Crippen LogP contribution in [0.1, 0.15) is 0 Å². The van der Waals surface area contributed by atoms with Crippen molar-refractivity contribution >= 4 is 44.4 Å². The van der Waals surface area contributed by atoms with Crippen LogP contribution in [-0.4, -0.2) is 20.4 Å². The SMILES string of the molecule is Ic1[nH]nc2ccccc12.c1ccc2[nH]ncc2c1. The van der Waals surface area contributed by atoms with Gasteiger partial charge in [-0.15, -0.1) is 0 Å². The molecule has 0 atom stereocenters. The number of para-hydroxylation sites is 2. The number of nitrogens with one attached hydrogen (secondary N) is 2. The molecule has 0 aliphatic rings. The van der Waals surface area contributed by atoms with Gasteiger partial charge >= 0.3 is 0 Å². The van der Waals surface area contributed by atoms with E-state index in [2.05, 4.69) is 49.1 Å². The Labute approximate surface area is 123 Å². The molecule has 2 aromatic carbocycles. The average molecular weight is 362 g/mol. The number of fused-ring (bicyclic) bond motifs is 2. The van der Waals surface area contributed by atoms with Crippen molar-refractivity contribution in [3.8, 4) is 0 Å². The molecular formula is C14H11IN4. The van der Waals surface area contributed by atoms with Gasteiger partial charge in [0.25, 0.3) is 0 Å². The van der Waals surface area contributed by atoms with Gasteiger partial charge in [0.15, 0.2) is 0 Å². The first kappa shape index (κ1) is 12.2. The van der Waals surface area contributed by atoms with Crippen LogP contribution >= 0.6 is 22.6 Å². The highest BCUT2D eigenvalue weighted by atomic mass is 127. The summed E-state index contributed by atoms with van der Waals surface area (Å²) < 4.78 is 1.10. The van der Waals surface area contributed by atoms with Crippen LogP contribution in [-0.2, 0) is 0 Å². The van der Waals surface area contributed by atoms with E-state index in [1.54, 1.807) is 0 Å². The summed E-state index contributed by atoms with van der Waals surface area (Å²) in [6.07, 6.45) is 1.81. The molecule has 0 saturated carbocycles. The summed E-state index contributed by atoms with van der Waals surface area (Å²) in [6, 6.07) is 16.1. The van der Waals surface area contributed by atoms with Gasteiger partial charge in [-0.05, 0) is 34.7 Å². The summed E-state index contributed by atoms with van der Waals surface area (Å²) in [7, 11) is 0. The molecule has 0 aliphatic carbocycles. The van der Waals surface area contributed by atoms with E-state index in [4.69, 9.17) is 0 Å². The highest BCUT2D eigenvalue weighted by molar-refractivity contribution is 14.1. The molecule has 2 heterocycles. The third kappa shape index (κ3) is 2.60. The van der Waals surface area contributed by atoms with E-state index in [0.717, 1.165) is 20.1 Å². The number of hydrogen-bond donors (Lipinski definition) is 2. The fourth-order valence-electron chi connectivity index (χ4n) is 1.81. The second kappa shape index (κ2) is 5.40. The number of benzene rings is 2. The van der Waals surface area contributed by atoms with Crippen molar-refractivity contribution in [2.24, 2.45) is 0 Å². The lowest BCUT2D eigenvalue weighted by Gasteiger charge is -1.83. The highest BCUT2D eigenvalue weighted by Crippen LogP contribution is 2.15. The van der Waals surface area contributed by atoms with Gasteiger partial charge in [-0.25, -0.2) is 0 Å². The first-order valence-corrected chi connectivity index (χ1v) is 6.89. The lowest BCUT2D eigenvalue weighted by atomic mass is 10.3. The van der Waals surface area contributed by atoms with Crippen LogP contribution in [0, 0.1) is 3.70 Å². The third-order valence-corrected chi connectivity index (χ3v) is 3.59. The monoisotopic (exact) mass is 362 g/mol. The molecule has 0 bridgehead atoms. The zero-order valence-corrected chi connectivity index (χ0v) is 12.1. The van der Waals surface area contributed by atoms with Gasteiger partial charge in [-0.2, -0.15) is 10.2 Å². The number of aromatic nitrogens is 4. The Morgan fingerprint density at radius 2 is 1.68 bits per heavy atom. The lowest BCUT2D eigenvalue weighted by Crippen LogP contribution is -1.66. The Morgan fingerprint density at radius 3 is 2.53 bits per heavy atom. The maximum Gasteiger partial charge on any atom is 0.104 e. The molecule has 0 saturated heterocycles. The first-order valence-electron chi connectivity index (χ1n) is 5.81. The van der Waals surface area contributed by atoms with Crippen molar-refractivity contribution in [2.45, 2.75) is 0 Å². The molecule has 4 nitrogen and oxygen atoms in total. The van der Waals surface area contributed by atoms with E-state index in [-0.39, 0.29) is 0 Å². The minimum absolute atomic E-state index is 1.03. The van der Waals surface area contributed by atoms with Crippen LogP contribution in [0.4, 0.5) is 0 Å². The van der Waals surface area contributed by atoms with Crippen molar-refractivity contribution in [2.75, 3.05) is 0 Å². The summed E-state index contributed by atoms with van der Waals surface area (Å²) in [4.78, 5) is 0. The third-order valence-electron chi connectivity index (χ3n) is 2.76. The van der Waals surface area contributed by atoms with Gasteiger partial charge in [0.1, 0.15) is 3.70 Å². The fraction of sp³-hybridized carbons (Fsp3) is 0. The van der Waals surface area contributed by atoms with Crippen molar-refractivity contribution in [3.05, 3.63) is 58.4 Å². The Hall–Kier alpha value is -1.89. The largest absolute Gasteiger partial charge is 0.278 e. The average Bonchev–Trinajstić information content (AvgIpc) is 3.07. The van der Waals surface area contributed by atoms with Crippen molar-refractivity contribution < 1.29 is 0 Å². The van der Waals surface area contributed by atoms with Crippen LogP contribution in [0.2, 0.25) is 0 Å². The summed E-state index contributed by atoms with van der Waals surface area (Å²) in [5.74, 6) is 0. The molecule has 4 rings (SSSR count). The van der Waals surface area contributed by atoms with E-state index in [1.165, 1.54) is 5.39 Å². The second-order valence-electron chi connectivity index (χ2n) is 4.01. The zero-order chi connectivity index (χ0) is 13.1. The predicted octanol–water partition coefficient (Wildman–Crippen LogP) is 3.73. The Bertz CT molecular complexity index is 773. The molecule has 0 amide bonds. The van der Waals surface area contributed by atoms with Crippen molar-refractivity contribution in [3.63, 3.8) is 0 Å². The van der Waals surface area contributed by atoms with E-state index in [9.17, 15) is 0 Å². The van der Waals surface area contributed by atoms with Crippen molar-refractivity contribution in [1.82, 2.24) is 20.4 Å². The number of H-pyrrole nitrogens is 2. The summed E-state index contributed by atoms with van der Waals surface area (Å²) in [5.41, 5.74) is 2.13. The van der Waals surface area contributed by atoms with E-state index < -0.39 is 0 Å². The smallest absolute Gasteiger partial charge is 0.104 e.